The number of benzene rings is 2. The van der Waals surface area contributed by atoms with Gasteiger partial charge in [-0.2, -0.15) is 5.10 Å². The molecule has 0 atom stereocenters. The SMILES string of the molecule is C=CC(=O)Nc1cc(Nc2nccc(-c3ccc4nn(C)c(C(C)C)c4c3)n2)c(OC)cc1N(C)CCN(C)C. The summed E-state index contributed by atoms with van der Waals surface area (Å²) in [5.74, 6) is 1.03. The highest BCUT2D eigenvalue weighted by Gasteiger charge is 2.17. The van der Waals surface area contributed by atoms with Gasteiger partial charge in [0, 0.05) is 56.1 Å². The number of anilines is 4. The zero-order chi connectivity index (χ0) is 29.0. The fourth-order valence-electron chi connectivity index (χ4n) is 4.67. The van der Waals surface area contributed by atoms with Crippen molar-refractivity contribution in [3.8, 4) is 17.0 Å². The molecular weight excluding hydrogens is 504 g/mol. The molecule has 10 nitrogen and oxygen atoms in total. The van der Waals surface area contributed by atoms with Crippen LogP contribution in [0.5, 0.6) is 5.75 Å². The lowest BCUT2D eigenvalue weighted by Crippen LogP contribution is -2.29. The summed E-state index contributed by atoms with van der Waals surface area (Å²) in [5, 5.41) is 12.0. The molecule has 4 rings (SSSR count). The fourth-order valence-corrected chi connectivity index (χ4v) is 4.67. The molecule has 0 unspecified atom stereocenters. The molecule has 2 aromatic heterocycles. The van der Waals surface area contributed by atoms with Gasteiger partial charge in [0.05, 0.1) is 35.4 Å². The first-order chi connectivity index (χ1) is 19.1. The van der Waals surface area contributed by atoms with Crippen molar-refractivity contribution in [2.75, 3.05) is 56.9 Å². The van der Waals surface area contributed by atoms with Gasteiger partial charge in [-0.05, 0) is 50.4 Å². The number of aryl methyl sites for hydroxylation is 1. The molecule has 0 saturated heterocycles. The first-order valence-corrected chi connectivity index (χ1v) is 13.2. The first-order valence-electron chi connectivity index (χ1n) is 13.2. The highest BCUT2D eigenvalue weighted by atomic mass is 16.5. The Morgan fingerprint density at radius 2 is 1.90 bits per heavy atom. The molecule has 0 fully saturated rings. The number of aromatic nitrogens is 4. The quantitative estimate of drug-likeness (QED) is 0.255. The molecule has 0 aliphatic carbocycles. The maximum atomic E-state index is 12.3. The van der Waals surface area contributed by atoms with E-state index in [-0.39, 0.29) is 5.91 Å². The van der Waals surface area contributed by atoms with Crippen molar-refractivity contribution in [1.82, 2.24) is 24.6 Å². The summed E-state index contributed by atoms with van der Waals surface area (Å²) in [5.41, 5.74) is 5.94. The summed E-state index contributed by atoms with van der Waals surface area (Å²) < 4.78 is 7.67. The van der Waals surface area contributed by atoms with E-state index in [0.29, 0.717) is 29.0 Å². The number of nitrogens with one attached hydrogen (secondary N) is 2. The lowest BCUT2D eigenvalue weighted by atomic mass is 10.0. The van der Waals surface area contributed by atoms with E-state index < -0.39 is 0 Å². The number of hydrogen-bond donors (Lipinski definition) is 2. The van der Waals surface area contributed by atoms with Crippen molar-refractivity contribution in [3.05, 3.63) is 60.9 Å². The summed E-state index contributed by atoms with van der Waals surface area (Å²) in [6.45, 7) is 9.52. The molecule has 2 aromatic carbocycles. The summed E-state index contributed by atoms with van der Waals surface area (Å²) in [6.07, 6.45) is 2.97. The smallest absolute Gasteiger partial charge is 0.247 e. The largest absolute Gasteiger partial charge is 0.494 e. The standard InChI is InChI=1S/C30H38N8O2/c1-9-28(39)32-24-17-25(27(40-8)18-26(24)37(6)15-14-36(4)5)34-30-31-13-12-22(33-30)20-10-11-23-21(16-20)29(19(2)3)38(7)35-23/h9-13,16-19H,1,14-15H2,2-8H3,(H,32,39)(H,31,33,34). The van der Waals surface area contributed by atoms with Crippen LogP contribution < -0.4 is 20.3 Å². The number of methoxy groups -OCH3 is 1. The third-order valence-corrected chi connectivity index (χ3v) is 6.68. The third kappa shape index (κ3) is 6.23. The van der Waals surface area contributed by atoms with Crippen molar-refractivity contribution in [2.24, 2.45) is 7.05 Å². The molecule has 4 aromatic rings. The van der Waals surface area contributed by atoms with Crippen LogP contribution in [0.15, 0.2) is 55.3 Å². The Labute approximate surface area is 235 Å². The topological polar surface area (TPSA) is 100 Å². The fraction of sp³-hybridized carbons (Fsp3) is 0.333. The molecular formula is C30H38N8O2. The summed E-state index contributed by atoms with van der Waals surface area (Å²) in [7, 11) is 9.61. The van der Waals surface area contributed by atoms with Crippen LogP contribution in [0.3, 0.4) is 0 Å². The number of amides is 1. The van der Waals surface area contributed by atoms with Gasteiger partial charge in [0.1, 0.15) is 5.75 Å². The number of fused-ring (bicyclic) bond motifs is 1. The van der Waals surface area contributed by atoms with Gasteiger partial charge in [-0.3, -0.25) is 9.48 Å². The molecule has 0 saturated carbocycles. The van der Waals surface area contributed by atoms with E-state index in [9.17, 15) is 4.79 Å². The Bertz CT molecular complexity index is 1530. The van der Waals surface area contributed by atoms with Crippen LogP contribution in [-0.2, 0) is 11.8 Å². The molecule has 10 heteroatoms. The third-order valence-electron chi connectivity index (χ3n) is 6.68. The van der Waals surface area contributed by atoms with Gasteiger partial charge in [-0.15, -0.1) is 0 Å². The predicted molar refractivity (Wildman–Crippen MR) is 163 cm³/mol. The molecule has 1 amide bonds. The summed E-state index contributed by atoms with van der Waals surface area (Å²) in [6, 6.07) is 11.8. The Hall–Kier alpha value is -4.44. The van der Waals surface area contributed by atoms with Gasteiger partial charge in [-0.1, -0.05) is 26.5 Å². The average Bonchev–Trinajstić information content (AvgIpc) is 3.27. The molecule has 0 spiro atoms. The zero-order valence-electron chi connectivity index (χ0n) is 24.3. The molecule has 2 N–H and O–H groups in total. The second-order valence-electron chi connectivity index (χ2n) is 10.3. The van der Waals surface area contributed by atoms with Gasteiger partial charge >= 0.3 is 0 Å². The Kier molecular flexibility index (Phi) is 8.69. The summed E-state index contributed by atoms with van der Waals surface area (Å²) >= 11 is 0. The maximum absolute atomic E-state index is 12.3. The molecule has 0 bridgehead atoms. The number of ether oxygens (including phenoxy) is 1. The minimum absolute atomic E-state index is 0.303. The predicted octanol–water partition coefficient (Wildman–Crippen LogP) is 5.03. The molecule has 210 valence electrons. The molecule has 0 aliphatic heterocycles. The number of nitrogens with zero attached hydrogens (tertiary/aromatic N) is 6. The second-order valence-corrected chi connectivity index (χ2v) is 10.3. The van der Waals surface area contributed by atoms with Gasteiger partial charge in [0.25, 0.3) is 0 Å². The highest BCUT2D eigenvalue weighted by molar-refractivity contribution is 6.02. The first kappa shape index (κ1) is 28.6. The number of likely N-dealkylation sites (N-methyl/N-ethyl adjacent to an activating group) is 2. The van der Waals surface area contributed by atoms with Crippen LogP contribution in [0.4, 0.5) is 23.0 Å². The number of rotatable bonds is 11. The van der Waals surface area contributed by atoms with Crippen molar-refractivity contribution in [3.63, 3.8) is 0 Å². The number of carbonyl (C=O) groups is 1. The Balaban J connectivity index is 1.70. The minimum Gasteiger partial charge on any atom is -0.494 e. The van der Waals surface area contributed by atoms with Crippen molar-refractivity contribution in [1.29, 1.82) is 0 Å². The van der Waals surface area contributed by atoms with Crippen molar-refractivity contribution < 1.29 is 9.53 Å². The van der Waals surface area contributed by atoms with E-state index in [1.165, 1.54) is 11.8 Å². The van der Waals surface area contributed by atoms with E-state index in [1.807, 2.05) is 63.2 Å². The van der Waals surface area contributed by atoms with Gasteiger partial charge in [0.15, 0.2) is 0 Å². The Morgan fingerprint density at radius 1 is 1.12 bits per heavy atom. The number of carbonyl (C=O) groups excluding carboxylic acids is 1. The monoisotopic (exact) mass is 542 g/mol. The lowest BCUT2D eigenvalue weighted by Gasteiger charge is -2.26. The Morgan fingerprint density at radius 3 is 2.58 bits per heavy atom. The molecule has 0 aliphatic rings. The van der Waals surface area contributed by atoms with Crippen LogP contribution in [-0.4, -0.2) is 71.9 Å². The minimum atomic E-state index is -0.303. The average molecular weight is 543 g/mol. The van der Waals surface area contributed by atoms with Crippen LogP contribution in [0, 0.1) is 0 Å². The van der Waals surface area contributed by atoms with Gasteiger partial charge < -0.3 is 25.2 Å². The van der Waals surface area contributed by atoms with Crippen molar-refractivity contribution in [2.45, 2.75) is 19.8 Å². The normalized spacial score (nSPS) is 11.2. The van der Waals surface area contributed by atoms with E-state index in [1.54, 1.807) is 13.3 Å². The zero-order valence-corrected chi connectivity index (χ0v) is 24.3. The van der Waals surface area contributed by atoms with Crippen LogP contribution in [0.1, 0.15) is 25.5 Å². The molecule has 2 heterocycles. The number of hydrogen-bond acceptors (Lipinski definition) is 8. The van der Waals surface area contributed by atoms with Crippen LogP contribution >= 0.6 is 0 Å². The van der Waals surface area contributed by atoms with Gasteiger partial charge in [-0.25, -0.2) is 9.97 Å². The van der Waals surface area contributed by atoms with E-state index in [0.717, 1.165) is 40.9 Å². The highest BCUT2D eigenvalue weighted by Crippen LogP contribution is 2.38. The van der Waals surface area contributed by atoms with Crippen LogP contribution in [0.25, 0.3) is 22.2 Å². The molecule has 40 heavy (non-hydrogen) atoms. The van der Waals surface area contributed by atoms with E-state index in [4.69, 9.17) is 9.72 Å². The van der Waals surface area contributed by atoms with E-state index in [2.05, 4.69) is 57.0 Å². The lowest BCUT2D eigenvalue weighted by molar-refractivity contribution is -0.111. The van der Waals surface area contributed by atoms with Crippen molar-refractivity contribution >= 4 is 39.8 Å². The maximum Gasteiger partial charge on any atom is 0.247 e. The van der Waals surface area contributed by atoms with E-state index >= 15 is 0 Å². The molecule has 0 radical (unpaired) electrons. The van der Waals surface area contributed by atoms with Gasteiger partial charge in [0.2, 0.25) is 11.9 Å². The summed E-state index contributed by atoms with van der Waals surface area (Å²) in [4.78, 5) is 25.7. The second kappa shape index (κ2) is 12.2. The van der Waals surface area contributed by atoms with Crippen LogP contribution in [0.2, 0.25) is 0 Å².